The standard InChI is InChI=1S/C24H31N9O2/c1-14(2)34-23-17-8-7-16-9-26-22-21(25)28-19(12-33(16)22)18-10-27-32(6)24(18)35-15(3)11-30(4)13-20(17)31(5)29-23/h7-10,12,14-15H,11,13H2,1-6H3,(H2,25,28)/b8-7+/t15-/m0/s1. The summed E-state index contributed by atoms with van der Waals surface area (Å²) in [5.74, 6) is 1.57. The van der Waals surface area contributed by atoms with Crippen LogP contribution in [-0.4, -0.2) is 64.6 Å². The van der Waals surface area contributed by atoms with Crippen molar-refractivity contribution in [3.8, 4) is 23.0 Å². The van der Waals surface area contributed by atoms with Gasteiger partial charge in [0.2, 0.25) is 11.8 Å². The molecule has 0 amide bonds. The number of hydrogen-bond donors (Lipinski definition) is 1. The van der Waals surface area contributed by atoms with Crippen molar-refractivity contribution in [3.05, 3.63) is 35.5 Å². The van der Waals surface area contributed by atoms with Crippen molar-refractivity contribution in [3.63, 3.8) is 0 Å². The van der Waals surface area contributed by atoms with Crippen LogP contribution < -0.4 is 15.2 Å². The first-order chi connectivity index (χ1) is 16.7. The van der Waals surface area contributed by atoms with Crippen LogP contribution in [-0.2, 0) is 20.6 Å². The third kappa shape index (κ3) is 4.23. The molecule has 5 rings (SSSR count). The number of ether oxygens (including phenoxy) is 2. The minimum Gasteiger partial charge on any atom is -0.473 e. The first kappa shape index (κ1) is 22.9. The highest BCUT2D eigenvalue weighted by atomic mass is 16.5. The van der Waals surface area contributed by atoms with Crippen molar-refractivity contribution in [2.24, 2.45) is 14.1 Å². The number of nitrogens with zero attached hydrogens (tertiary/aromatic N) is 8. The Labute approximate surface area is 203 Å². The Morgan fingerprint density at radius 3 is 2.71 bits per heavy atom. The van der Waals surface area contributed by atoms with Crippen LogP contribution in [0.4, 0.5) is 5.82 Å². The molecular weight excluding hydrogens is 446 g/mol. The van der Waals surface area contributed by atoms with E-state index in [9.17, 15) is 0 Å². The lowest BCUT2D eigenvalue weighted by Gasteiger charge is -2.23. The number of rotatable bonds is 2. The lowest BCUT2D eigenvalue weighted by Crippen LogP contribution is -2.32. The van der Waals surface area contributed by atoms with Crippen molar-refractivity contribution in [1.82, 2.24) is 38.8 Å². The maximum atomic E-state index is 6.37. The first-order valence-electron chi connectivity index (χ1n) is 11.6. The Balaban J connectivity index is 1.71. The summed E-state index contributed by atoms with van der Waals surface area (Å²) in [6, 6.07) is 0. The molecule has 0 aromatic carbocycles. The molecule has 4 aromatic rings. The maximum Gasteiger partial charge on any atom is 0.240 e. The summed E-state index contributed by atoms with van der Waals surface area (Å²) in [4.78, 5) is 11.3. The molecule has 5 heterocycles. The lowest BCUT2D eigenvalue weighted by molar-refractivity contribution is 0.147. The largest absolute Gasteiger partial charge is 0.473 e. The molecule has 0 radical (unpaired) electrons. The summed E-state index contributed by atoms with van der Waals surface area (Å²) in [6.07, 6.45) is 9.36. The summed E-state index contributed by atoms with van der Waals surface area (Å²) >= 11 is 0. The zero-order chi connectivity index (χ0) is 24.9. The zero-order valence-corrected chi connectivity index (χ0v) is 20.9. The average molecular weight is 478 g/mol. The predicted molar refractivity (Wildman–Crippen MR) is 134 cm³/mol. The molecule has 1 atom stereocenters. The van der Waals surface area contributed by atoms with Gasteiger partial charge in [-0.05, 0) is 40.0 Å². The Morgan fingerprint density at radius 1 is 1.14 bits per heavy atom. The fourth-order valence-corrected chi connectivity index (χ4v) is 4.39. The van der Waals surface area contributed by atoms with Crippen LogP contribution in [0.2, 0.25) is 0 Å². The zero-order valence-electron chi connectivity index (χ0n) is 20.9. The second-order valence-corrected chi connectivity index (χ2v) is 9.29. The molecule has 0 unspecified atom stereocenters. The smallest absolute Gasteiger partial charge is 0.240 e. The Kier molecular flexibility index (Phi) is 5.72. The topological polar surface area (TPSA) is 114 Å². The molecule has 1 aliphatic rings. The van der Waals surface area contributed by atoms with Crippen molar-refractivity contribution < 1.29 is 9.47 Å². The van der Waals surface area contributed by atoms with E-state index >= 15 is 0 Å². The summed E-state index contributed by atoms with van der Waals surface area (Å²) < 4.78 is 17.9. The molecular formula is C24H31N9O2. The monoisotopic (exact) mass is 477 g/mol. The molecule has 1 aliphatic heterocycles. The van der Waals surface area contributed by atoms with Crippen LogP contribution in [0.25, 0.3) is 29.1 Å². The van der Waals surface area contributed by atoms with Crippen LogP contribution in [0.15, 0.2) is 18.6 Å². The van der Waals surface area contributed by atoms with E-state index < -0.39 is 0 Å². The summed E-state index contributed by atoms with van der Waals surface area (Å²) in [5, 5.41) is 9.07. The van der Waals surface area contributed by atoms with Crippen LogP contribution in [0.1, 0.15) is 37.7 Å². The van der Waals surface area contributed by atoms with E-state index in [2.05, 4.69) is 32.1 Å². The van der Waals surface area contributed by atoms with E-state index in [0.29, 0.717) is 42.0 Å². The van der Waals surface area contributed by atoms with Gasteiger partial charge in [-0.3, -0.25) is 14.0 Å². The van der Waals surface area contributed by atoms with Crippen LogP contribution in [0.5, 0.6) is 11.8 Å². The van der Waals surface area contributed by atoms with Crippen LogP contribution in [0, 0.1) is 0 Å². The Hall–Kier alpha value is -3.86. The SMILES string of the molecule is CC(C)Oc1nn(C)c2c1/C=C/c1cnc3c(N)nc(cn13)-c1cnn(C)c1O[C@@H](C)CN(C)C2. The van der Waals surface area contributed by atoms with Crippen molar-refractivity contribution in [2.75, 3.05) is 19.3 Å². The molecule has 2 bridgehead atoms. The van der Waals surface area contributed by atoms with Gasteiger partial charge in [0.1, 0.15) is 6.10 Å². The van der Waals surface area contributed by atoms with Crippen molar-refractivity contribution >= 4 is 23.6 Å². The van der Waals surface area contributed by atoms with E-state index in [4.69, 9.17) is 15.2 Å². The number of hydrogen-bond acceptors (Lipinski definition) is 8. The molecule has 0 fully saturated rings. The van der Waals surface area contributed by atoms with Gasteiger partial charge >= 0.3 is 0 Å². The van der Waals surface area contributed by atoms with Crippen LogP contribution >= 0.6 is 0 Å². The van der Waals surface area contributed by atoms with Crippen molar-refractivity contribution in [2.45, 2.75) is 39.5 Å². The second kappa shape index (κ2) is 8.73. The summed E-state index contributed by atoms with van der Waals surface area (Å²) in [6.45, 7) is 7.40. The number of nitrogen functional groups attached to an aromatic ring is 1. The van der Waals surface area contributed by atoms with Crippen LogP contribution in [0.3, 0.4) is 0 Å². The fraction of sp³-hybridized carbons (Fsp3) is 0.417. The first-order valence-corrected chi connectivity index (χ1v) is 11.6. The quantitative estimate of drug-likeness (QED) is 0.469. The summed E-state index contributed by atoms with van der Waals surface area (Å²) in [5.41, 5.74) is 11.1. The molecule has 0 aliphatic carbocycles. The van der Waals surface area contributed by atoms with E-state index in [1.54, 1.807) is 17.1 Å². The van der Waals surface area contributed by atoms with Crippen molar-refractivity contribution in [1.29, 1.82) is 0 Å². The van der Waals surface area contributed by atoms with E-state index in [-0.39, 0.29) is 12.2 Å². The van der Waals surface area contributed by atoms with Gasteiger partial charge in [-0.2, -0.15) is 5.10 Å². The third-order valence-corrected chi connectivity index (χ3v) is 5.95. The molecule has 11 nitrogen and oxygen atoms in total. The average Bonchev–Trinajstić information content (AvgIpc) is 3.43. The number of aromatic nitrogens is 7. The maximum absolute atomic E-state index is 6.37. The third-order valence-electron chi connectivity index (χ3n) is 5.95. The Morgan fingerprint density at radius 2 is 1.94 bits per heavy atom. The van der Waals surface area contributed by atoms with E-state index in [1.807, 2.05) is 62.3 Å². The molecule has 35 heavy (non-hydrogen) atoms. The Bertz CT molecular complexity index is 1410. The van der Waals surface area contributed by atoms with Gasteiger partial charge in [0.05, 0.1) is 46.7 Å². The lowest BCUT2D eigenvalue weighted by atomic mass is 10.2. The van der Waals surface area contributed by atoms with Gasteiger partial charge in [-0.25, -0.2) is 14.6 Å². The number of nitrogens with two attached hydrogens (primary N) is 1. The molecule has 0 spiro atoms. The van der Waals surface area contributed by atoms with Gasteiger partial charge < -0.3 is 15.2 Å². The number of imidazole rings is 1. The number of anilines is 1. The fourth-order valence-electron chi connectivity index (χ4n) is 4.39. The highest BCUT2D eigenvalue weighted by Crippen LogP contribution is 2.32. The molecule has 0 saturated carbocycles. The molecule has 184 valence electrons. The van der Waals surface area contributed by atoms with Gasteiger partial charge in [0.15, 0.2) is 11.5 Å². The van der Waals surface area contributed by atoms with Gasteiger partial charge in [-0.15, -0.1) is 5.10 Å². The normalized spacial score (nSPS) is 17.6. The van der Waals surface area contributed by atoms with Gasteiger partial charge in [0.25, 0.3) is 0 Å². The van der Waals surface area contributed by atoms with Gasteiger partial charge in [0, 0.05) is 33.4 Å². The van der Waals surface area contributed by atoms with E-state index in [0.717, 1.165) is 22.5 Å². The predicted octanol–water partition coefficient (Wildman–Crippen LogP) is 2.62. The van der Waals surface area contributed by atoms with E-state index in [1.165, 1.54) is 0 Å². The number of likely N-dealkylation sites (N-methyl/N-ethyl adjacent to an activating group) is 1. The molecule has 2 N–H and O–H groups in total. The van der Waals surface area contributed by atoms with Gasteiger partial charge in [-0.1, -0.05) is 0 Å². The summed E-state index contributed by atoms with van der Waals surface area (Å²) in [7, 11) is 5.86. The molecule has 11 heteroatoms. The number of fused-ring (bicyclic) bond motifs is 4. The highest BCUT2D eigenvalue weighted by molar-refractivity contribution is 5.76. The minimum absolute atomic E-state index is 0.00139. The minimum atomic E-state index is -0.109. The second-order valence-electron chi connectivity index (χ2n) is 9.29. The molecule has 0 saturated heterocycles. The molecule has 4 aromatic heterocycles. The highest BCUT2D eigenvalue weighted by Gasteiger charge is 2.22. The number of aryl methyl sites for hydroxylation is 2.